The summed E-state index contributed by atoms with van der Waals surface area (Å²) >= 11 is 0. The Hall–Kier alpha value is -2.09. The van der Waals surface area contributed by atoms with E-state index in [2.05, 4.69) is 0 Å². The molecule has 0 fully saturated rings. The van der Waals surface area contributed by atoms with E-state index in [0.29, 0.717) is 0 Å². The molecule has 4 nitrogen and oxygen atoms in total. The molecule has 1 rings (SSSR count). The number of benzene rings is 1. The van der Waals surface area contributed by atoms with E-state index in [0.717, 1.165) is 11.0 Å². The van der Waals surface area contributed by atoms with E-state index in [9.17, 15) is 9.18 Å². The summed E-state index contributed by atoms with van der Waals surface area (Å²) in [4.78, 5) is 12.6. The molecular weight excluding hydrogens is 199 g/mol. The van der Waals surface area contributed by atoms with Crippen LogP contribution in [-0.4, -0.2) is 29.5 Å². The van der Waals surface area contributed by atoms with Crippen LogP contribution >= 0.6 is 0 Å². The summed E-state index contributed by atoms with van der Waals surface area (Å²) in [5.74, 6) is -1.63. The van der Waals surface area contributed by atoms with E-state index in [-0.39, 0.29) is 17.9 Å². The molecule has 15 heavy (non-hydrogen) atoms. The van der Waals surface area contributed by atoms with Gasteiger partial charge in [-0.3, -0.25) is 4.79 Å². The highest BCUT2D eigenvalue weighted by Crippen LogP contribution is 2.16. The minimum Gasteiger partial charge on any atom is -0.508 e. The fourth-order valence-electron chi connectivity index (χ4n) is 1.06. The molecule has 1 amide bonds. The van der Waals surface area contributed by atoms with Crippen molar-refractivity contribution in [2.45, 2.75) is 0 Å². The van der Waals surface area contributed by atoms with Crippen molar-refractivity contribution in [1.82, 2.24) is 4.90 Å². The fraction of sp³-hybridized carbons (Fsp3) is 0.200. The predicted octanol–water partition coefficient (Wildman–Crippen LogP) is 1.13. The molecule has 0 spiro atoms. The lowest BCUT2D eigenvalue weighted by Crippen LogP contribution is -2.27. The Bertz CT molecular complexity index is 426. The zero-order valence-corrected chi connectivity index (χ0v) is 8.07. The first-order valence-electron chi connectivity index (χ1n) is 4.17. The van der Waals surface area contributed by atoms with Gasteiger partial charge in [0.25, 0.3) is 5.91 Å². The van der Waals surface area contributed by atoms with Crippen molar-refractivity contribution in [3.05, 3.63) is 29.6 Å². The number of rotatable bonds is 2. The summed E-state index contributed by atoms with van der Waals surface area (Å²) in [5, 5.41) is 17.3. The average Bonchev–Trinajstić information content (AvgIpc) is 2.17. The Morgan fingerprint density at radius 2 is 2.33 bits per heavy atom. The van der Waals surface area contributed by atoms with Gasteiger partial charge in [-0.05, 0) is 12.1 Å². The highest BCUT2D eigenvalue weighted by atomic mass is 19.1. The van der Waals surface area contributed by atoms with Crippen LogP contribution < -0.4 is 0 Å². The number of carbonyl (C=O) groups is 1. The van der Waals surface area contributed by atoms with Gasteiger partial charge in [-0.2, -0.15) is 5.26 Å². The van der Waals surface area contributed by atoms with Crippen LogP contribution in [0.2, 0.25) is 0 Å². The third kappa shape index (κ3) is 2.44. The van der Waals surface area contributed by atoms with Crippen LogP contribution in [0.5, 0.6) is 5.75 Å². The standard InChI is InChI=1S/C10H9FN2O2/c1-13(5-4-12)10(15)8-3-2-7(14)6-9(8)11/h2-3,6,14H,5H2,1H3. The van der Waals surface area contributed by atoms with Crippen LogP contribution in [0.4, 0.5) is 4.39 Å². The zero-order valence-electron chi connectivity index (χ0n) is 8.07. The molecule has 1 aromatic carbocycles. The minimum absolute atomic E-state index is 0.112. The molecule has 0 aliphatic rings. The number of amides is 1. The number of hydrogen-bond acceptors (Lipinski definition) is 3. The second-order valence-corrected chi connectivity index (χ2v) is 2.98. The molecular formula is C10H9FN2O2. The zero-order chi connectivity index (χ0) is 11.4. The van der Waals surface area contributed by atoms with Crippen molar-refractivity contribution in [3.8, 4) is 11.8 Å². The smallest absolute Gasteiger partial charge is 0.257 e. The third-order valence-electron chi connectivity index (χ3n) is 1.84. The molecule has 5 heteroatoms. The van der Waals surface area contributed by atoms with Gasteiger partial charge in [0.15, 0.2) is 0 Å². The number of nitriles is 1. The number of phenols is 1. The predicted molar refractivity (Wildman–Crippen MR) is 50.6 cm³/mol. The second kappa shape index (κ2) is 4.42. The van der Waals surface area contributed by atoms with E-state index < -0.39 is 11.7 Å². The van der Waals surface area contributed by atoms with Crippen molar-refractivity contribution in [1.29, 1.82) is 5.26 Å². The van der Waals surface area contributed by atoms with Gasteiger partial charge in [0, 0.05) is 13.1 Å². The van der Waals surface area contributed by atoms with Crippen LogP contribution in [0.25, 0.3) is 0 Å². The molecule has 1 N–H and O–H groups in total. The van der Waals surface area contributed by atoms with Crippen molar-refractivity contribution in [2.75, 3.05) is 13.6 Å². The molecule has 1 aromatic rings. The van der Waals surface area contributed by atoms with Crippen molar-refractivity contribution in [3.63, 3.8) is 0 Å². The van der Waals surface area contributed by atoms with Crippen molar-refractivity contribution < 1.29 is 14.3 Å². The number of aromatic hydroxyl groups is 1. The van der Waals surface area contributed by atoms with E-state index in [4.69, 9.17) is 10.4 Å². The highest BCUT2D eigenvalue weighted by molar-refractivity contribution is 5.94. The molecule has 0 saturated heterocycles. The lowest BCUT2D eigenvalue weighted by atomic mass is 10.2. The van der Waals surface area contributed by atoms with Gasteiger partial charge in [-0.15, -0.1) is 0 Å². The SMILES string of the molecule is CN(CC#N)C(=O)c1ccc(O)cc1F. The topological polar surface area (TPSA) is 64.3 Å². The molecule has 0 aliphatic heterocycles. The Kier molecular flexibility index (Phi) is 3.24. The van der Waals surface area contributed by atoms with E-state index in [1.54, 1.807) is 6.07 Å². The number of halogens is 1. The molecule has 0 heterocycles. The molecule has 0 bridgehead atoms. The van der Waals surface area contributed by atoms with Gasteiger partial charge in [0.1, 0.15) is 18.1 Å². The quantitative estimate of drug-likeness (QED) is 0.741. The van der Waals surface area contributed by atoms with Crippen molar-refractivity contribution >= 4 is 5.91 Å². The summed E-state index contributed by atoms with van der Waals surface area (Å²) in [6.07, 6.45) is 0. The normalized spacial score (nSPS) is 9.40. The largest absolute Gasteiger partial charge is 0.508 e. The molecule has 78 valence electrons. The summed E-state index contributed by atoms with van der Waals surface area (Å²) in [7, 11) is 1.40. The minimum atomic E-state index is -0.801. The maximum absolute atomic E-state index is 13.2. The first-order valence-corrected chi connectivity index (χ1v) is 4.17. The third-order valence-corrected chi connectivity index (χ3v) is 1.84. The van der Waals surface area contributed by atoms with Gasteiger partial charge in [0.2, 0.25) is 0 Å². The number of hydrogen-bond donors (Lipinski definition) is 1. The fourth-order valence-corrected chi connectivity index (χ4v) is 1.06. The summed E-state index contributed by atoms with van der Waals surface area (Å²) in [6.45, 7) is -0.112. The molecule has 0 atom stereocenters. The second-order valence-electron chi connectivity index (χ2n) is 2.98. The van der Waals surface area contributed by atoms with Crippen LogP contribution in [0.15, 0.2) is 18.2 Å². The molecule has 0 radical (unpaired) electrons. The Morgan fingerprint density at radius 3 is 2.87 bits per heavy atom. The first-order chi connectivity index (χ1) is 7.06. The lowest BCUT2D eigenvalue weighted by Gasteiger charge is -2.13. The van der Waals surface area contributed by atoms with Crippen LogP contribution in [-0.2, 0) is 0 Å². The number of nitrogens with zero attached hydrogens (tertiary/aromatic N) is 2. The van der Waals surface area contributed by atoms with Crippen molar-refractivity contribution in [2.24, 2.45) is 0 Å². The molecule has 0 aromatic heterocycles. The lowest BCUT2D eigenvalue weighted by molar-refractivity contribution is 0.0807. The number of carbonyl (C=O) groups excluding carboxylic acids is 1. The monoisotopic (exact) mass is 208 g/mol. The van der Waals surface area contributed by atoms with E-state index in [1.807, 2.05) is 0 Å². The maximum atomic E-state index is 13.2. The van der Waals surface area contributed by atoms with Gasteiger partial charge >= 0.3 is 0 Å². The Morgan fingerprint density at radius 1 is 1.67 bits per heavy atom. The van der Waals surface area contributed by atoms with E-state index >= 15 is 0 Å². The summed E-state index contributed by atoms with van der Waals surface area (Å²) < 4.78 is 13.2. The Labute approximate surface area is 86.2 Å². The summed E-state index contributed by atoms with van der Waals surface area (Å²) in [6, 6.07) is 5.04. The van der Waals surface area contributed by atoms with Gasteiger partial charge < -0.3 is 10.0 Å². The van der Waals surface area contributed by atoms with Crippen LogP contribution in [0.3, 0.4) is 0 Å². The number of phenolic OH excluding ortho intramolecular Hbond substituents is 1. The molecule has 0 unspecified atom stereocenters. The first kappa shape index (κ1) is 11.0. The highest BCUT2D eigenvalue weighted by Gasteiger charge is 2.15. The van der Waals surface area contributed by atoms with Gasteiger partial charge in [0.05, 0.1) is 11.6 Å². The Balaban J connectivity index is 2.97. The van der Waals surface area contributed by atoms with Gasteiger partial charge in [-0.1, -0.05) is 0 Å². The maximum Gasteiger partial charge on any atom is 0.257 e. The van der Waals surface area contributed by atoms with Gasteiger partial charge in [-0.25, -0.2) is 4.39 Å². The summed E-state index contributed by atoms with van der Waals surface area (Å²) in [5.41, 5.74) is -0.162. The molecule has 0 aliphatic carbocycles. The average molecular weight is 208 g/mol. The van der Waals surface area contributed by atoms with Crippen LogP contribution in [0.1, 0.15) is 10.4 Å². The van der Waals surface area contributed by atoms with Crippen LogP contribution in [0, 0.1) is 17.1 Å². The van der Waals surface area contributed by atoms with E-state index in [1.165, 1.54) is 19.2 Å². The molecule has 0 saturated carbocycles.